The molecule has 5 rings (SSSR count). The minimum absolute atomic E-state index is 0.00283. The number of allylic oxidation sites excluding steroid dienone is 1. The molecule has 192 valence electrons. The van der Waals surface area contributed by atoms with Gasteiger partial charge in [0, 0.05) is 56.9 Å². The number of urea groups is 1. The minimum Gasteiger partial charge on any atom is -0.350 e. The lowest BCUT2D eigenvalue weighted by Gasteiger charge is -2.43. The molecule has 9 heteroatoms. The molecule has 3 saturated heterocycles. The summed E-state index contributed by atoms with van der Waals surface area (Å²) in [4.78, 5) is 34.1. The molecule has 0 atom stereocenters. The Morgan fingerprint density at radius 1 is 1.06 bits per heavy atom. The maximum absolute atomic E-state index is 13.0. The first-order valence-electron chi connectivity index (χ1n) is 13.4. The molecular weight excluding hydrogens is 464 g/mol. The summed E-state index contributed by atoms with van der Waals surface area (Å²) < 4.78 is 11.8. The molecule has 1 aromatic rings. The van der Waals surface area contributed by atoms with Gasteiger partial charge in [0.25, 0.3) is 5.91 Å². The number of piperidine rings is 2. The molecule has 0 radical (unpaired) electrons. The first-order valence-corrected chi connectivity index (χ1v) is 14.2. The smallest absolute Gasteiger partial charge is 0.317 e. The molecule has 3 fully saturated rings. The predicted molar refractivity (Wildman–Crippen MR) is 135 cm³/mol. The average molecular weight is 503 g/mol. The number of carbonyl (C=O) groups excluding carboxylic acids is 2. The van der Waals surface area contributed by atoms with Gasteiger partial charge >= 0.3 is 6.03 Å². The summed E-state index contributed by atoms with van der Waals surface area (Å²) in [6.45, 7) is 4.93. The maximum Gasteiger partial charge on any atom is 0.317 e. The van der Waals surface area contributed by atoms with Crippen molar-refractivity contribution >= 4 is 23.3 Å². The van der Waals surface area contributed by atoms with Crippen LogP contribution >= 0.6 is 11.3 Å². The van der Waals surface area contributed by atoms with Gasteiger partial charge in [-0.2, -0.15) is 0 Å². The summed E-state index contributed by atoms with van der Waals surface area (Å²) in [6, 6.07) is 0.0451. The Bertz CT molecular complexity index is 908. The van der Waals surface area contributed by atoms with Crippen molar-refractivity contribution in [1.29, 1.82) is 0 Å². The van der Waals surface area contributed by atoms with Crippen molar-refractivity contribution in [2.45, 2.75) is 75.9 Å². The van der Waals surface area contributed by atoms with Gasteiger partial charge in [-0.3, -0.25) is 4.79 Å². The zero-order valence-corrected chi connectivity index (χ0v) is 21.5. The van der Waals surface area contributed by atoms with Crippen molar-refractivity contribution in [3.05, 3.63) is 27.7 Å². The number of hydrogen-bond donors (Lipinski definition) is 1. The second kappa shape index (κ2) is 11.4. The second-order valence-corrected chi connectivity index (χ2v) is 11.1. The predicted octanol–water partition coefficient (Wildman–Crippen LogP) is 4.29. The molecule has 1 aromatic heterocycles. The van der Waals surface area contributed by atoms with E-state index in [1.807, 2.05) is 15.2 Å². The van der Waals surface area contributed by atoms with Crippen molar-refractivity contribution in [2.75, 3.05) is 45.9 Å². The van der Waals surface area contributed by atoms with Gasteiger partial charge in [0.1, 0.15) is 5.69 Å². The lowest BCUT2D eigenvalue weighted by Crippen LogP contribution is -2.51. The molecule has 3 amide bonds. The quantitative estimate of drug-likeness (QED) is 0.607. The molecule has 1 aliphatic carbocycles. The van der Waals surface area contributed by atoms with E-state index in [1.165, 1.54) is 31.3 Å². The van der Waals surface area contributed by atoms with Crippen LogP contribution in [0.25, 0.3) is 0 Å². The Morgan fingerprint density at radius 2 is 1.83 bits per heavy atom. The van der Waals surface area contributed by atoms with Crippen LogP contribution in [-0.4, -0.2) is 78.4 Å². The number of aromatic nitrogens is 1. The fourth-order valence-corrected chi connectivity index (χ4v) is 6.56. The van der Waals surface area contributed by atoms with Gasteiger partial charge in [0.15, 0.2) is 5.79 Å². The molecule has 0 bridgehead atoms. The van der Waals surface area contributed by atoms with Crippen molar-refractivity contribution in [3.63, 3.8) is 0 Å². The van der Waals surface area contributed by atoms with Crippen molar-refractivity contribution < 1.29 is 19.1 Å². The van der Waals surface area contributed by atoms with Crippen LogP contribution in [0.1, 0.15) is 85.6 Å². The summed E-state index contributed by atoms with van der Waals surface area (Å²) in [5.74, 6) is -0.176. The molecule has 0 saturated carbocycles. The Morgan fingerprint density at radius 3 is 2.54 bits per heavy atom. The van der Waals surface area contributed by atoms with Crippen LogP contribution in [0.5, 0.6) is 0 Å². The van der Waals surface area contributed by atoms with Crippen LogP contribution in [-0.2, 0) is 9.47 Å². The molecule has 35 heavy (non-hydrogen) atoms. The van der Waals surface area contributed by atoms with Crippen LogP contribution in [0.15, 0.2) is 17.0 Å². The van der Waals surface area contributed by atoms with Gasteiger partial charge in [-0.1, -0.05) is 11.6 Å². The number of ether oxygens (including phenoxy) is 2. The lowest BCUT2D eigenvalue weighted by molar-refractivity contribution is -0.281. The summed E-state index contributed by atoms with van der Waals surface area (Å²) in [5, 5.41) is 6.01. The second-order valence-electron chi connectivity index (χ2n) is 10.2. The first kappa shape index (κ1) is 24.7. The number of carbonyl (C=O) groups is 2. The summed E-state index contributed by atoms with van der Waals surface area (Å²) in [5.41, 5.74) is 2.03. The van der Waals surface area contributed by atoms with E-state index in [-0.39, 0.29) is 11.9 Å². The van der Waals surface area contributed by atoms with Gasteiger partial charge in [-0.15, -0.1) is 11.3 Å². The van der Waals surface area contributed by atoms with Gasteiger partial charge in [-0.25, -0.2) is 9.78 Å². The van der Waals surface area contributed by atoms with Gasteiger partial charge in [0.05, 0.1) is 18.2 Å². The highest BCUT2D eigenvalue weighted by molar-refractivity contribution is 7.09. The number of rotatable bonds is 5. The molecule has 8 nitrogen and oxygen atoms in total. The largest absolute Gasteiger partial charge is 0.350 e. The van der Waals surface area contributed by atoms with E-state index in [1.54, 1.807) is 11.3 Å². The molecule has 4 heterocycles. The zero-order chi connectivity index (χ0) is 24.1. The Kier molecular flexibility index (Phi) is 8.04. The van der Waals surface area contributed by atoms with Crippen LogP contribution < -0.4 is 5.32 Å². The van der Waals surface area contributed by atoms with Crippen molar-refractivity contribution in [1.82, 2.24) is 20.1 Å². The van der Waals surface area contributed by atoms with Crippen LogP contribution in [0, 0.1) is 0 Å². The standard InChI is InChI=1S/C26H38N4O4S/c31-24(29-15-10-26(11-16-29)33-17-4-18-34-26)22-19-35-23(28-22)21-8-13-30(14-9-21)25(32)27-12-7-20-5-2-1-3-6-20/h5,19,21H,1-4,6-18H2,(H,27,32). The average Bonchev–Trinajstić information content (AvgIpc) is 3.40. The van der Waals surface area contributed by atoms with E-state index in [2.05, 4.69) is 11.4 Å². The highest BCUT2D eigenvalue weighted by atomic mass is 32.1. The number of hydrogen-bond acceptors (Lipinski definition) is 6. The van der Waals surface area contributed by atoms with E-state index in [0.29, 0.717) is 37.5 Å². The van der Waals surface area contributed by atoms with E-state index < -0.39 is 5.79 Å². The number of thiazole rings is 1. The third kappa shape index (κ3) is 6.06. The number of nitrogens with zero attached hydrogens (tertiary/aromatic N) is 3. The summed E-state index contributed by atoms with van der Waals surface area (Å²) >= 11 is 1.58. The fourth-order valence-electron chi connectivity index (χ4n) is 5.59. The van der Waals surface area contributed by atoms with Crippen LogP contribution in [0.4, 0.5) is 4.79 Å². The minimum atomic E-state index is -0.490. The molecule has 0 unspecified atom stereocenters. The Labute approximate surface area is 212 Å². The lowest BCUT2D eigenvalue weighted by atomic mass is 9.97. The molecule has 0 aromatic carbocycles. The monoisotopic (exact) mass is 502 g/mol. The van der Waals surface area contributed by atoms with Gasteiger partial charge in [0.2, 0.25) is 0 Å². The SMILES string of the molecule is O=C(NCCC1=CCCCC1)N1CCC(c2nc(C(=O)N3CCC4(CC3)OCCCO4)cs2)CC1. The Balaban J connectivity index is 1.06. The summed E-state index contributed by atoms with van der Waals surface area (Å²) in [7, 11) is 0. The van der Waals surface area contributed by atoms with Crippen molar-refractivity contribution in [3.8, 4) is 0 Å². The fraction of sp³-hybridized carbons (Fsp3) is 0.731. The van der Waals surface area contributed by atoms with E-state index >= 15 is 0 Å². The van der Waals surface area contributed by atoms with Gasteiger partial charge in [-0.05, 0) is 51.4 Å². The number of amides is 3. The highest BCUT2D eigenvalue weighted by Crippen LogP contribution is 2.33. The molecule has 4 aliphatic rings. The first-order chi connectivity index (χ1) is 17.1. The Hall–Kier alpha value is -1.97. The van der Waals surface area contributed by atoms with E-state index in [9.17, 15) is 9.59 Å². The van der Waals surface area contributed by atoms with Gasteiger partial charge < -0.3 is 24.6 Å². The van der Waals surface area contributed by atoms with E-state index in [4.69, 9.17) is 14.5 Å². The molecule has 1 N–H and O–H groups in total. The highest BCUT2D eigenvalue weighted by Gasteiger charge is 2.40. The molecule has 3 aliphatic heterocycles. The molecular formula is C26H38N4O4S. The summed E-state index contributed by atoms with van der Waals surface area (Å²) in [6.07, 6.45) is 12.4. The van der Waals surface area contributed by atoms with Crippen LogP contribution in [0.3, 0.4) is 0 Å². The van der Waals surface area contributed by atoms with E-state index in [0.717, 1.165) is 63.5 Å². The molecule has 1 spiro atoms. The topological polar surface area (TPSA) is 84.0 Å². The maximum atomic E-state index is 13.0. The third-order valence-corrected chi connectivity index (χ3v) is 8.82. The zero-order valence-electron chi connectivity index (χ0n) is 20.6. The normalized spacial score (nSPS) is 23.3. The van der Waals surface area contributed by atoms with Crippen LogP contribution in [0.2, 0.25) is 0 Å². The number of nitrogens with one attached hydrogen (secondary N) is 1. The number of likely N-dealkylation sites (tertiary alicyclic amines) is 2. The third-order valence-electron chi connectivity index (χ3n) is 7.81. The van der Waals surface area contributed by atoms with Crippen molar-refractivity contribution in [2.24, 2.45) is 0 Å².